The summed E-state index contributed by atoms with van der Waals surface area (Å²) in [5.74, 6) is 1.57. The van der Waals surface area contributed by atoms with E-state index in [1.54, 1.807) is 0 Å². The van der Waals surface area contributed by atoms with Crippen molar-refractivity contribution in [1.29, 1.82) is 0 Å². The van der Waals surface area contributed by atoms with Gasteiger partial charge in [0.2, 0.25) is 0 Å². The van der Waals surface area contributed by atoms with Gasteiger partial charge >= 0.3 is 0 Å². The number of nitrogens with zero attached hydrogens (tertiary/aromatic N) is 2. The second-order valence-electron chi connectivity index (χ2n) is 6.43. The SMILES string of the molecule is CCCn1ccnc1C(N)C1C(C)(C)C1(C)C. The fraction of sp³-hybridized carbons (Fsp3) is 0.786. The van der Waals surface area contributed by atoms with Gasteiger partial charge in [-0.15, -0.1) is 0 Å². The summed E-state index contributed by atoms with van der Waals surface area (Å²) in [4.78, 5) is 4.47. The normalized spacial score (nSPS) is 23.6. The quantitative estimate of drug-likeness (QED) is 0.872. The maximum atomic E-state index is 6.44. The predicted molar refractivity (Wildman–Crippen MR) is 70.5 cm³/mol. The summed E-state index contributed by atoms with van der Waals surface area (Å²) in [6, 6.07) is 0.0570. The molecule has 1 saturated carbocycles. The van der Waals surface area contributed by atoms with E-state index in [1.807, 2.05) is 12.4 Å². The number of rotatable bonds is 4. The summed E-state index contributed by atoms with van der Waals surface area (Å²) in [5, 5.41) is 0. The second-order valence-corrected chi connectivity index (χ2v) is 6.43. The van der Waals surface area contributed by atoms with Crippen LogP contribution in [0.4, 0.5) is 0 Å². The highest BCUT2D eigenvalue weighted by Crippen LogP contribution is 2.71. The molecule has 0 spiro atoms. The largest absolute Gasteiger partial charge is 0.334 e. The fourth-order valence-corrected chi connectivity index (χ4v) is 3.34. The first-order valence-corrected chi connectivity index (χ1v) is 6.60. The van der Waals surface area contributed by atoms with Crippen LogP contribution in [0.15, 0.2) is 12.4 Å². The lowest BCUT2D eigenvalue weighted by Crippen LogP contribution is -2.21. The Morgan fingerprint density at radius 1 is 1.35 bits per heavy atom. The van der Waals surface area contributed by atoms with E-state index in [0.717, 1.165) is 18.8 Å². The third-order valence-corrected chi connectivity index (χ3v) is 5.00. The minimum atomic E-state index is 0.0570. The van der Waals surface area contributed by atoms with Crippen LogP contribution in [0.25, 0.3) is 0 Å². The van der Waals surface area contributed by atoms with Crippen molar-refractivity contribution < 1.29 is 0 Å². The molecule has 2 rings (SSSR count). The molecule has 1 atom stereocenters. The van der Waals surface area contributed by atoms with E-state index in [4.69, 9.17) is 5.73 Å². The van der Waals surface area contributed by atoms with Gasteiger partial charge in [0, 0.05) is 18.9 Å². The molecular weight excluding hydrogens is 210 g/mol. The molecule has 1 unspecified atom stereocenters. The van der Waals surface area contributed by atoms with Crippen LogP contribution < -0.4 is 5.73 Å². The molecule has 1 aromatic rings. The van der Waals surface area contributed by atoms with Gasteiger partial charge in [-0.3, -0.25) is 0 Å². The number of hydrogen-bond donors (Lipinski definition) is 1. The molecule has 0 aliphatic heterocycles. The molecule has 0 bridgehead atoms. The third-order valence-electron chi connectivity index (χ3n) is 5.00. The Bertz CT molecular complexity index is 389. The molecule has 1 heterocycles. The maximum Gasteiger partial charge on any atom is 0.125 e. The minimum Gasteiger partial charge on any atom is -0.334 e. The van der Waals surface area contributed by atoms with E-state index in [0.29, 0.717) is 16.7 Å². The Labute approximate surface area is 104 Å². The van der Waals surface area contributed by atoms with Gasteiger partial charge in [-0.05, 0) is 23.2 Å². The Balaban J connectivity index is 2.22. The Morgan fingerprint density at radius 2 is 1.94 bits per heavy atom. The molecule has 0 amide bonds. The number of nitrogens with two attached hydrogens (primary N) is 1. The van der Waals surface area contributed by atoms with Gasteiger partial charge in [0.05, 0.1) is 6.04 Å². The molecule has 1 fully saturated rings. The monoisotopic (exact) mass is 235 g/mol. The standard InChI is InChI=1S/C14H25N3/c1-6-8-17-9-7-16-12(17)10(15)11-13(2,3)14(11,4)5/h7,9-11H,6,8,15H2,1-5H3. The van der Waals surface area contributed by atoms with E-state index < -0.39 is 0 Å². The van der Waals surface area contributed by atoms with Gasteiger partial charge in [0.15, 0.2) is 0 Å². The first-order chi connectivity index (χ1) is 7.84. The van der Waals surface area contributed by atoms with E-state index in [2.05, 4.69) is 44.2 Å². The molecule has 17 heavy (non-hydrogen) atoms. The Kier molecular flexibility index (Phi) is 2.85. The molecule has 1 aliphatic carbocycles. The molecule has 0 radical (unpaired) electrons. The van der Waals surface area contributed by atoms with Crippen molar-refractivity contribution in [2.75, 3.05) is 0 Å². The summed E-state index contributed by atoms with van der Waals surface area (Å²) < 4.78 is 2.20. The van der Waals surface area contributed by atoms with Crippen LogP contribution in [0.1, 0.15) is 52.9 Å². The highest BCUT2D eigenvalue weighted by molar-refractivity contribution is 5.19. The van der Waals surface area contributed by atoms with Gasteiger partial charge in [-0.1, -0.05) is 34.6 Å². The fourth-order valence-electron chi connectivity index (χ4n) is 3.34. The van der Waals surface area contributed by atoms with Crippen LogP contribution in [0, 0.1) is 16.7 Å². The molecule has 0 saturated heterocycles. The minimum absolute atomic E-state index is 0.0570. The molecule has 1 aromatic heterocycles. The molecule has 2 N–H and O–H groups in total. The summed E-state index contributed by atoms with van der Waals surface area (Å²) >= 11 is 0. The van der Waals surface area contributed by atoms with Crippen LogP contribution in [0.2, 0.25) is 0 Å². The summed E-state index contributed by atoms with van der Waals surface area (Å²) in [7, 11) is 0. The smallest absolute Gasteiger partial charge is 0.125 e. The number of imidazole rings is 1. The summed E-state index contributed by atoms with van der Waals surface area (Å²) in [6.45, 7) is 12.4. The molecular formula is C14H25N3. The van der Waals surface area contributed by atoms with Gasteiger partial charge < -0.3 is 10.3 Å². The van der Waals surface area contributed by atoms with Crippen LogP contribution in [0.3, 0.4) is 0 Å². The van der Waals surface area contributed by atoms with Crippen LogP contribution in [-0.2, 0) is 6.54 Å². The second kappa shape index (κ2) is 3.84. The van der Waals surface area contributed by atoms with E-state index in [1.165, 1.54) is 0 Å². The van der Waals surface area contributed by atoms with Gasteiger partial charge in [0.1, 0.15) is 5.82 Å². The molecule has 3 heteroatoms. The zero-order chi connectivity index (χ0) is 12.8. The van der Waals surface area contributed by atoms with Crippen molar-refractivity contribution in [3.63, 3.8) is 0 Å². The lowest BCUT2D eigenvalue weighted by Gasteiger charge is -2.15. The van der Waals surface area contributed by atoms with Crippen molar-refractivity contribution in [2.45, 2.75) is 53.6 Å². The van der Waals surface area contributed by atoms with Crippen molar-refractivity contribution in [3.8, 4) is 0 Å². The number of aryl methyl sites for hydroxylation is 1. The zero-order valence-corrected chi connectivity index (χ0v) is 11.7. The maximum absolute atomic E-state index is 6.44. The Hall–Kier alpha value is -0.830. The highest BCUT2D eigenvalue weighted by Gasteiger charge is 2.67. The zero-order valence-electron chi connectivity index (χ0n) is 11.7. The first-order valence-electron chi connectivity index (χ1n) is 6.60. The van der Waals surface area contributed by atoms with Crippen molar-refractivity contribution in [3.05, 3.63) is 18.2 Å². The van der Waals surface area contributed by atoms with E-state index in [-0.39, 0.29) is 6.04 Å². The predicted octanol–water partition coefficient (Wildman–Crippen LogP) is 2.98. The molecule has 3 nitrogen and oxygen atoms in total. The molecule has 0 aromatic carbocycles. The van der Waals surface area contributed by atoms with Crippen molar-refractivity contribution in [1.82, 2.24) is 9.55 Å². The molecule has 96 valence electrons. The number of aromatic nitrogens is 2. The summed E-state index contributed by atoms with van der Waals surface area (Å²) in [6.07, 6.45) is 5.03. The van der Waals surface area contributed by atoms with E-state index in [9.17, 15) is 0 Å². The topological polar surface area (TPSA) is 43.8 Å². The van der Waals surface area contributed by atoms with Crippen LogP contribution in [0.5, 0.6) is 0 Å². The van der Waals surface area contributed by atoms with Crippen molar-refractivity contribution in [2.24, 2.45) is 22.5 Å². The third kappa shape index (κ3) is 1.71. The summed E-state index contributed by atoms with van der Waals surface area (Å²) in [5.41, 5.74) is 7.07. The van der Waals surface area contributed by atoms with E-state index >= 15 is 0 Å². The first kappa shape index (κ1) is 12.6. The van der Waals surface area contributed by atoms with Crippen LogP contribution >= 0.6 is 0 Å². The molecule has 1 aliphatic rings. The average molecular weight is 235 g/mol. The Morgan fingerprint density at radius 3 is 2.41 bits per heavy atom. The van der Waals surface area contributed by atoms with Crippen LogP contribution in [-0.4, -0.2) is 9.55 Å². The van der Waals surface area contributed by atoms with Gasteiger partial charge in [-0.25, -0.2) is 4.98 Å². The highest BCUT2D eigenvalue weighted by atomic mass is 15.1. The number of hydrogen-bond acceptors (Lipinski definition) is 2. The lowest BCUT2D eigenvalue weighted by atomic mass is 10.0. The lowest BCUT2D eigenvalue weighted by molar-refractivity contribution is 0.457. The van der Waals surface area contributed by atoms with Gasteiger partial charge in [0.25, 0.3) is 0 Å². The van der Waals surface area contributed by atoms with Gasteiger partial charge in [-0.2, -0.15) is 0 Å². The average Bonchev–Trinajstić information content (AvgIpc) is 2.58. The van der Waals surface area contributed by atoms with Crippen molar-refractivity contribution >= 4 is 0 Å².